The van der Waals surface area contributed by atoms with Gasteiger partial charge >= 0.3 is 0 Å². The number of amides is 1. The van der Waals surface area contributed by atoms with Crippen molar-refractivity contribution in [3.8, 4) is 0 Å². The summed E-state index contributed by atoms with van der Waals surface area (Å²) in [5.41, 5.74) is 4.00. The van der Waals surface area contributed by atoms with Gasteiger partial charge in [-0.3, -0.25) is 4.79 Å². The van der Waals surface area contributed by atoms with Gasteiger partial charge < -0.3 is 10.2 Å². The van der Waals surface area contributed by atoms with Gasteiger partial charge in [-0.25, -0.2) is 13.4 Å². The maximum Gasteiger partial charge on any atom is 0.274 e. The molecule has 27 heavy (non-hydrogen) atoms. The number of rotatable bonds is 5. The van der Waals surface area contributed by atoms with Crippen molar-refractivity contribution in [1.29, 1.82) is 0 Å². The van der Waals surface area contributed by atoms with E-state index in [2.05, 4.69) is 10.3 Å². The second-order valence-electron chi connectivity index (χ2n) is 7.02. The Hall–Kier alpha value is -2.41. The van der Waals surface area contributed by atoms with Gasteiger partial charge in [0.2, 0.25) is 0 Å². The van der Waals surface area contributed by atoms with Crippen LogP contribution >= 0.6 is 0 Å². The summed E-state index contributed by atoms with van der Waals surface area (Å²) < 4.78 is 23.5. The molecular formula is C20H25N3O3S. The highest BCUT2D eigenvalue weighted by atomic mass is 32.2. The van der Waals surface area contributed by atoms with Gasteiger partial charge in [0.05, 0.1) is 23.4 Å². The molecule has 0 bridgehead atoms. The monoisotopic (exact) mass is 387 g/mol. The van der Waals surface area contributed by atoms with E-state index in [0.29, 0.717) is 18.7 Å². The molecule has 0 radical (unpaired) electrons. The summed E-state index contributed by atoms with van der Waals surface area (Å²) in [6.07, 6.45) is 2.28. The van der Waals surface area contributed by atoms with Crippen molar-refractivity contribution >= 4 is 27.1 Å². The van der Waals surface area contributed by atoms with E-state index in [0.717, 1.165) is 22.5 Å². The van der Waals surface area contributed by atoms with Crippen molar-refractivity contribution in [2.75, 3.05) is 28.3 Å². The highest BCUT2D eigenvalue weighted by Crippen LogP contribution is 2.24. The van der Waals surface area contributed by atoms with E-state index in [9.17, 15) is 13.2 Å². The van der Waals surface area contributed by atoms with Gasteiger partial charge in [0.15, 0.2) is 9.84 Å². The van der Waals surface area contributed by atoms with Crippen molar-refractivity contribution in [2.45, 2.75) is 33.2 Å². The molecule has 7 heteroatoms. The zero-order chi connectivity index (χ0) is 19.6. The molecule has 1 aliphatic heterocycles. The minimum absolute atomic E-state index is 0.0311. The van der Waals surface area contributed by atoms with Gasteiger partial charge in [0.1, 0.15) is 5.69 Å². The second-order valence-corrected chi connectivity index (χ2v) is 9.25. The van der Waals surface area contributed by atoms with E-state index in [-0.39, 0.29) is 23.5 Å². The largest absolute Gasteiger partial charge is 0.367 e. The van der Waals surface area contributed by atoms with Crippen LogP contribution in [0.4, 0.5) is 11.4 Å². The van der Waals surface area contributed by atoms with Gasteiger partial charge in [-0.1, -0.05) is 12.1 Å². The lowest BCUT2D eigenvalue weighted by atomic mass is 10.1. The molecular weight excluding hydrogens is 362 g/mol. The summed E-state index contributed by atoms with van der Waals surface area (Å²) in [6.45, 7) is 6.60. The summed E-state index contributed by atoms with van der Waals surface area (Å²) in [6, 6.07) is 9.38. The van der Waals surface area contributed by atoms with Gasteiger partial charge in [-0.2, -0.15) is 0 Å². The molecule has 1 aromatic carbocycles. The van der Waals surface area contributed by atoms with E-state index < -0.39 is 9.84 Å². The van der Waals surface area contributed by atoms with Gasteiger partial charge in [0.25, 0.3) is 5.91 Å². The topological polar surface area (TPSA) is 79.4 Å². The average Bonchev–Trinajstić information content (AvgIpc) is 2.99. The number of pyridine rings is 1. The number of aryl methyl sites for hydroxylation is 2. The minimum Gasteiger partial charge on any atom is -0.367 e. The quantitative estimate of drug-likeness (QED) is 0.853. The van der Waals surface area contributed by atoms with Crippen molar-refractivity contribution in [1.82, 2.24) is 4.98 Å². The zero-order valence-electron chi connectivity index (χ0n) is 15.9. The Kier molecular flexibility index (Phi) is 5.51. The van der Waals surface area contributed by atoms with Crippen LogP contribution in [0.3, 0.4) is 0 Å². The van der Waals surface area contributed by atoms with E-state index in [1.54, 1.807) is 12.3 Å². The van der Waals surface area contributed by atoms with Crippen molar-refractivity contribution in [3.63, 3.8) is 0 Å². The molecule has 0 saturated carbocycles. The first-order chi connectivity index (χ1) is 12.8. The van der Waals surface area contributed by atoms with Crippen LogP contribution in [0, 0.1) is 13.8 Å². The molecule has 1 N–H and O–H groups in total. The fraction of sp³-hybridized carbons (Fsp3) is 0.400. The van der Waals surface area contributed by atoms with Gasteiger partial charge in [0, 0.05) is 18.3 Å². The van der Waals surface area contributed by atoms with Crippen molar-refractivity contribution in [2.24, 2.45) is 0 Å². The predicted molar refractivity (Wildman–Crippen MR) is 108 cm³/mol. The molecule has 1 saturated heterocycles. The van der Waals surface area contributed by atoms with E-state index >= 15 is 0 Å². The third-order valence-electron chi connectivity index (χ3n) is 4.94. The number of hydrogen-bond donors (Lipinski definition) is 1. The average molecular weight is 388 g/mol. The lowest BCUT2D eigenvalue weighted by Gasteiger charge is -2.28. The first-order valence-corrected chi connectivity index (χ1v) is 10.9. The summed E-state index contributed by atoms with van der Waals surface area (Å²) >= 11 is 0. The third kappa shape index (κ3) is 4.47. The Labute approximate surface area is 160 Å². The molecule has 1 fully saturated rings. The number of carbonyl (C=O) groups excluding carboxylic acids is 1. The van der Waals surface area contributed by atoms with Crippen LogP contribution in [0.5, 0.6) is 0 Å². The number of carbonyl (C=O) groups is 1. The molecule has 1 atom stereocenters. The summed E-state index contributed by atoms with van der Waals surface area (Å²) in [7, 11) is -2.95. The maximum absolute atomic E-state index is 12.5. The molecule has 6 nitrogen and oxygen atoms in total. The predicted octanol–water partition coefficient (Wildman–Crippen LogP) is 2.96. The van der Waals surface area contributed by atoms with Crippen LogP contribution in [0.2, 0.25) is 0 Å². The zero-order valence-corrected chi connectivity index (χ0v) is 16.7. The van der Waals surface area contributed by atoms with E-state index in [4.69, 9.17) is 0 Å². The highest BCUT2D eigenvalue weighted by Gasteiger charge is 2.32. The van der Waals surface area contributed by atoms with E-state index in [1.807, 2.05) is 49.9 Å². The molecule has 1 aliphatic rings. The second kappa shape index (κ2) is 7.68. The number of nitrogens with zero attached hydrogens (tertiary/aromatic N) is 2. The minimum atomic E-state index is -2.95. The van der Waals surface area contributed by atoms with Crippen LogP contribution in [-0.2, 0) is 9.84 Å². The van der Waals surface area contributed by atoms with Crippen LogP contribution in [0.25, 0.3) is 0 Å². The number of anilines is 2. The van der Waals surface area contributed by atoms with Gasteiger partial charge in [-0.05, 0) is 56.5 Å². The molecule has 1 amide bonds. The normalized spacial score (nSPS) is 18.3. The van der Waals surface area contributed by atoms with Crippen LogP contribution in [-0.4, -0.2) is 43.4 Å². The van der Waals surface area contributed by atoms with Gasteiger partial charge in [-0.15, -0.1) is 0 Å². The maximum atomic E-state index is 12.5. The number of hydrogen-bond acceptors (Lipinski definition) is 5. The van der Waals surface area contributed by atoms with Crippen LogP contribution < -0.4 is 10.2 Å². The van der Waals surface area contributed by atoms with Crippen molar-refractivity contribution in [3.05, 3.63) is 53.3 Å². The molecule has 2 heterocycles. The molecule has 2 aromatic rings. The smallest absolute Gasteiger partial charge is 0.274 e. The molecule has 0 spiro atoms. The number of aromatic nitrogens is 1. The lowest BCUT2D eigenvalue weighted by molar-refractivity contribution is 0.102. The fourth-order valence-electron chi connectivity index (χ4n) is 3.42. The molecule has 0 aliphatic carbocycles. The number of sulfone groups is 1. The Bertz CT molecular complexity index is 939. The molecule has 1 aromatic heterocycles. The number of nitrogens with one attached hydrogen (secondary N) is 1. The SMILES string of the molecule is CCN(c1ccc(C(=O)Nc2cc(C)ccc2C)nc1)C1CCS(=O)(=O)C1. The summed E-state index contributed by atoms with van der Waals surface area (Å²) in [5, 5.41) is 2.90. The Morgan fingerprint density at radius 1 is 1.26 bits per heavy atom. The third-order valence-corrected chi connectivity index (χ3v) is 6.69. The van der Waals surface area contributed by atoms with Crippen LogP contribution in [0.1, 0.15) is 35.0 Å². The Morgan fingerprint density at radius 2 is 2.04 bits per heavy atom. The lowest BCUT2D eigenvalue weighted by Crippen LogP contribution is -2.36. The Balaban J connectivity index is 1.74. The molecule has 3 rings (SSSR count). The molecule has 1 unspecified atom stereocenters. The van der Waals surface area contributed by atoms with E-state index in [1.165, 1.54) is 0 Å². The summed E-state index contributed by atoms with van der Waals surface area (Å²) in [5.74, 6) is 0.148. The Morgan fingerprint density at radius 3 is 2.63 bits per heavy atom. The first-order valence-electron chi connectivity index (χ1n) is 9.11. The highest BCUT2D eigenvalue weighted by molar-refractivity contribution is 7.91. The van der Waals surface area contributed by atoms with Crippen LogP contribution in [0.15, 0.2) is 36.5 Å². The molecule has 144 valence electrons. The number of benzene rings is 1. The standard InChI is InChI=1S/C20H25N3O3S/c1-4-23(17-9-10-27(25,26)13-17)16-7-8-18(21-12-16)20(24)22-19-11-14(2)5-6-15(19)3/h5-8,11-12,17H,4,9-10,13H2,1-3H3,(H,22,24). The first kappa shape index (κ1) is 19.4. The fourth-order valence-corrected chi connectivity index (χ4v) is 5.15. The van der Waals surface area contributed by atoms with Crippen molar-refractivity contribution < 1.29 is 13.2 Å². The summed E-state index contributed by atoms with van der Waals surface area (Å²) in [4.78, 5) is 18.8.